The predicted octanol–water partition coefficient (Wildman–Crippen LogP) is 2.55. The Labute approximate surface area is 126 Å². The molecule has 1 aliphatic heterocycles. The molecule has 0 unspecified atom stereocenters. The highest BCUT2D eigenvalue weighted by atomic mass is 16.6. The smallest absolute Gasteiger partial charge is 0.410 e. The van der Waals surface area contributed by atoms with Gasteiger partial charge >= 0.3 is 6.09 Å². The number of hydrogen-bond donors (Lipinski definition) is 1. The van der Waals surface area contributed by atoms with Crippen LogP contribution in [0.3, 0.4) is 0 Å². The number of anilines is 1. The molecule has 1 aromatic rings. The number of aromatic nitrogens is 2. The van der Waals surface area contributed by atoms with Gasteiger partial charge in [0.15, 0.2) is 5.82 Å². The first kappa shape index (κ1) is 15.7. The monoisotopic (exact) mass is 294 g/mol. The molecule has 0 bridgehead atoms. The summed E-state index contributed by atoms with van der Waals surface area (Å²) in [6.45, 7) is 13.9. The summed E-state index contributed by atoms with van der Waals surface area (Å²) in [5.74, 6) is 0.935. The number of carbonyl (C=O) groups is 1. The second kappa shape index (κ2) is 5.24. The normalized spacial score (nSPS) is 18.8. The summed E-state index contributed by atoms with van der Waals surface area (Å²) in [6.07, 6.45) is -0.245. The van der Waals surface area contributed by atoms with E-state index in [0.717, 1.165) is 24.6 Å². The molecule has 21 heavy (non-hydrogen) atoms. The average Bonchev–Trinajstić information content (AvgIpc) is 2.71. The molecule has 1 N–H and O–H groups in total. The van der Waals surface area contributed by atoms with Gasteiger partial charge in [-0.15, -0.1) is 0 Å². The minimum atomic E-state index is -0.469. The Balaban J connectivity index is 2.08. The van der Waals surface area contributed by atoms with Crippen LogP contribution in [0.2, 0.25) is 0 Å². The largest absolute Gasteiger partial charge is 0.444 e. The van der Waals surface area contributed by atoms with E-state index in [0.29, 0.717) is 6.54 Å². The summed E-state index contributed by atoms with van der Waals surface area (Å²) in [7, 11) is 0. The molecular weight excluding hydrogens is 268 g/mol. The number of nitrogens with one attached hydrogen (secondary N) is 1. The van der Waals surface area contributed by atoms with Gasteiger partial charge in [-0.05, 0) is 41.5 Å². The van der Waals surface area contributed by atoms with Crippen LogP contribution in [0.1, 0.15) is 40.3 Å². The molecule has 6 nitrogen and oxygen atoms in total. The molecule has 1 aromatic heterocycles. The Morgan fingerprint density at radius 3 is 2.52 bits per heavy atom. The maximum atomic E-state index is 12.3. The summed E-state index contributed by atoms with van der Waals surface area (Å²) in [5, 5.41) is 7.26. The topological polar surface area (TPSA) is 61.5 Å². The van der Waals surface area contributed by atoms with Gasteiger partial charge in [-0.3, -0.25) is 10.00 Å². The van der Waals surface area contributed by atoms with Gasteiger partial charge in [-0.1, -0.05) is 0 Å². The van der Waals surface area contributed by atoms with E-state index in [2.05, 4.69) is 28.9 Å². The molecule has 1 amide bonds. The van der Waals surface area contributed by atoms with Crippen molar-refractivity contribution < 1.29 is 9.53 Å². The number of ether oxygens (including phenoxy) is 1. The van der Waals surface area contributed by atoms with Crippen LogP contribution in [0.15, 0.2) is 6.07 Å². The minimum absolute atomic E-state index is 0.245. The highest BCUT2D eigenvalue weighted by Gasteiger charge is 2.39. The first-order valence-corrected chi connectivity index (χ1v) is 7.36. The van der Waals surface area contributed by atoms with Gasteiger partial charge in [0.05, 0.1) is 5.54 Å². The second-order valence-corrected chi connectivity index (χ2v) is 7.28. The van der Waals surface area contributed by atoms with E-state index in [1.54, 1.807) is 0 Å². The Morgan fingerprint density at radius 2 is 2.05 bits per heavy atom. The number of carbonyl (C=O) groups excluding carboxylic acids is 1. The quantitative estimate of drug-likeness (QED) is 0.864. The van der Waals surface area contributed by atoms with Crippen molar-refractivity contribution in [3.8, 4) is 0 Å². The lowest BCUT2D eigenvalue weighted by atomic mass is 9.99. The Bertz CT molecular complexity index is 516. The van der Waals surface area contributed by atoms with Crippen LogP contribution in [0.5, 0.6) is 0 Å². The van der Waals surface area contributed by atoms with Crippen molar-refractivity contribution in [2.24, 2.45) is 0 Å². The maximum Gasteiger partial charge on any atom is 0.410 e. The third-order valence-electron chi connectivity index (χ3n) is 3.53. The highest BCUT2D eigenvalue weighted by Crippen LogP contribution is 2.26. The summed E-state index contributed by atoms with van der Waals surface area (Å²) >= 11 is 0. The van der Waals surface area contributed by atoms with Crippen molar-refractivity contribution in [3.05, 3.63) is 11.8 Å². The zero-order valence-corrected chi connectivity index (χ0v) is 13.9. The SMILES string of the molecule is Cc1cc(N2CCN(C(=O)OC(C)(C)C)C(C)(C)C2)n[nH]1. The third-order valence-corrected chi connectivity index (χ3v) is 3.53. The molecule has 0 spiro atoms. The average molecular weight is 294 g/mol. The van der Waals surface area contributed by atoms with E-state index in [9.17, 15) is 4.79 Å². The predicted molar refractivity (Wildman–Crippen MR) is 82.6 cm³/mol. The van der Waals surface area contributed by atoms with Crippen LogP contribution in [0.25, 0.3) is 0 Å². The highest BCUT2D eigenvalue weighted by molar-refractivity contribution is 5.70. The number of aromatic amines is 1. The lowest BCUT2D eigenvalue weighted by molar-refractivity contribution is 0.000315. The molecule has 2 rings (SSSR count). The fourth-order valence-electron chi connectivity index (χ4n) is 2.57. The molecule has 118 valence electrons. The fraction of sp³-hybridized carbons (Fsp3) is 0.733. The molecule has 1 aliphatic rings. The van der Waals surface area contributed by atoms with E-state index in [4.69, 9.17) is 4.74 Å². The molecule has 0 aromatic carbocycles. The molecule has 0 aliphatic carbocycles. The molecule has 0 radical (unpaired) electrons. The number of amides is 1. The molecule has 1 fully saturated rings. The van der Waals surface area contributed by atoms with Gasteiger partial charge in [0.25, 0.3) is 0 Å². The first-order valence-electron chi connectivity index (χ1n) is 7.36. The summed E-state index contributed by atoms with van der Waals surface area (Å²) in [4.78, 5) is 16.4. The molecule has 6 heteroatoms. The van der Waals surface area contributed by atoms with Gasteiger partial charge < -0.3 is 9.64 Å². The van der Waals surface area contributed by atoms with Crippen molar-refractivity contribution in [1.29, 1.82) is 0 Å². The van der Waals surface area contributed by atoms with Crippen LogP contribution in [0.4, 0.5) is 10.6 Å². The van der Waals surface area contributed by atoms with Crippen molar-refractivity contribution in [2.75, 3.05) is 24.5 Å². The van der Waals surface area contributed by atoms with Gasteiger partial charge in [0.1, 0.15) is 5.60 Å². The second-order valence-electron chi connectivity index (χ2n) is 7.28. The molecule has 2 heterocycles. The molecule has 0 saturated carbocycles. The van der Waals surface area contributed by atoms with Gasteiger partial charge in [-0.25, -0.2) is 4.79 Å². The lowest BCUT2D eigenvalue weighted by Gasteiger charge is -2.47. The number of nitrogens with zero attached hydrogens (tertiary/aromatic N) is 3. The van der Waals surface area contributed by atoms with Crippen LogP contribution in [-0.2, 0) is 4.74 Å². The van der Waals surface area contributed by atoms with Gasteiger partial charge in [0, 0.05) is 31.4 Å². The summed E-state index contributed by atoms with van der Waals surface area (Å²) < 4.78 is 5.50. The number of H-pyrrole nitrogens is 1. The standard InChI is InChI=1S/C15H26N4O2/c1-11-9-12(17-16-11)18-7-8-19(15(5,6)10-18)13(20)21-14(2,3)4/h9H,7-8,10H2,1-6H3,(H,16,17). The van der Waals surface area contributed by atoms with Crippen molar-refractivity contribution in [2.45, 2.75) is 52.7 Å². The Kier molecular flexibility index (Phi) is 3.91. The lowest BCUT2D eigenvalue weighted by Crippen LogP contribution is -2.62. The Morgan fingerprint density at radius 1 is 1.38 bits per heavy atom. The van der Waals surface area contributed by atoms with E-state index >= 15 is 0 Å². The Hall–Kier alpha value is -1.72. The van der Waals surface area contributed by atoms with Crippen molar-refractivity contribution in [1.82, 2.24) is 15.1 Å². The maximum absolute atomic E-state index is 12.3. The van der Waals surface area contributed by atoms with Gasteiger partial charge in [-0.2, -0.15) is 5.10 Å². The van der Waals surface area contributed by atoms with Crippen LogP contribution >= 0.6 is 0 Å². The molecule has 0 atom stereocenters. The van der Waals surface area contributed by atoms with E-state index in [1.807, 2.05) is 38.7 Å². The minimum Gasteiger partial charge on any atom is -0.444 e. The number of piperazine rings is 1. The summed E-state index contributed by atoms with van der Waals surface area (Å²) in [6, 6.07) is 2.03. The zero-order chi connectivity index (χ0) is 15.8. The van der Waals surface area contributed by atoms with Crippen LogP contribution < -0.4 is 4.90 Å². The van der Waals surface area contributed by atoms with E-state index < -0.39 is 5.60 Å². The number of rotatable bonds is 1. The molecule has 1 saturated heterocycles. The fourth-order valence-corrected chi connectivity index (χ4v) is 2.57. The van der Waals surface area contributed by atoms with Crippen LogP contribution in [0, 0.1) is 6.92 Å². The van der Waals surface area contributed by atoms with Crippen LogP contribution in [-0.4, -0.2) is 52.0 Å². The summed E-state index contributed by atoms with van der Waals surface area (Å²) in [5.41, 5.74) is 0.272. The van der Waals surface area contributed by atoms with E-state index in [-0.39, 0.29) is 11.6 Å². The zero-order valence-electron chi connectivity index (χ0n) is 13.9. The first-order chi connectivity index (χ1) is 9.58. The number of hydrogen-bond acceptors (Lipinski definition) is 4. The third kappa shape index (κ3) is 3.68. The van der Waals surface area contributed by atoms with Crippen molar-refractivity contribution in [3.63, 3.8) is 0 Å². The van der Waals surface area contributed by atoms with E-state index in [1.165, 1.54) is 0 Å². The van der Waals surface area contributed by atoms with Gasteiger partial charge in [0.2, 0.25) is 0 Å². The van der Waals surface area contributed by atoms with Crippen molar-refractivity contribution >= 4 is 11.9 Å². The number of aryl methyl sites for hydroxylation is 1. The molecular formula is C15H26N4O2.